The summed E-state index contributed by atoms with van der Waals surface area (Å²) in [5.41, 5.74) is 5.60. The van der Waals surface area contributed by atoms with Gasteiger partial charge in [0, 0.05) is 45.3 Å². The van der Waals surface area contributed by atoms with Crippen molar-refractivity contribution in [1.29, 1.82) is 0 Å². The molecule has 0 saturated carbocycles. The van der Waals surface area contributed by atoms with Crippen molar-refractivity contribution >= 4 is 0 Å². The summed E-state index contributed by atoms with van der Waals surface area (Å²) in [6.45, 7) is 6.65. The van der Waals surface area contributed by atoms with Gasteiger partial charge in [-0.25, -0.2) is 0 Å². The highest BCUT2D eigenvalue weighted by Gasteiger charge is 2.26. The highest BCUT2D eigenvalue weighted by molar-refractivity contribution is 4.83. The molecule has 1 fully saturated rings. The molecule has 1 rings (SSSR count). The molecule has 1 heterocycles. The molecule has 1 aliphatic rings. The van der Waals surface area contributed by atoms with Crippen LogP contribution in [0.15, 0.2) is 0 Å². The molecule has 6 nitrogen and oxygen atoms in total. The van der Waals surface area contributed by atoms with E-state index in [-0.39, 0.29) is 6.10 Å². The Balaban J connectivity index is 2.47. The molecule has 108 valence electrons. The Hall–Kier alpha value is -0.240. The molecule has 1 saturated heterocycles. The fourth-order valence-electron chi connectivity index (χ4n) is 2.57. The number of nitrogens with zero attached hydrogens (tertiary/aromatic N) is 2. The van der Waals surface area contributed by atoms with Crippen LogP contribution < -0.4 is 5.73 Å². The van der Waals surface area contributed by atoms with Gasteiger partial charge in [-0.1, -0.05) is 0 Å². The first-order valence-corrected chi connectivity index (χ1v) is 6.73. The van der Waals surface area contributed by atoms with E-state index in [4.69, 9.17) is 15.9 Å². The lowest BCUT2D eigenvalue weighted by Gasteiger charge is -2.42. The molecule has 5 N–H and O–H groups in total. The third-order valence-electron chi connectivity index (χ3n) is 3.39. The lowest BCUT2D eigenvalue weighted by Crippen LogP contribution is -2.55. The van der Waals surface area contributed by atoms with Gasteiger partial charge in [-0.3, -0.25) is 9.80 Å². The zero-order chi connectivity index (χ0) is 13.5. The predicted octanol–water partition coefficient (Wildman–Crippen LogP) is -1.60. The van der Waals surface area contributed by atoms with Crippen LogP contribution in [0.25, 0.3) is 0 Å². The van der Waals surface area contributed by atoms with Crippen molar-refractivity contribution < 1.29 is 15.3 Å². The summed E-state index contributed by atoms with van der Waals surface area (Å²) < 4.78 is 0. The fourth-order valence-corrected chi connectivity index (χ4v) is 2.57. The van der Waals surface area contributed by atoms with Gasteiger partial charge in [0.1, 0.15) is 0 Å². The summed E-state index contributed by atoms with van der Waals surface area (Å²) >= 11 is 0. The van der Waals surface area contributed by atoms with E-state index in [9.17, 15) is 5.11 Å². The second-order valence-corrected chi connectivity index (χ2v) is 5.15. The lowest BCUT2D eigenvalue weighted by atomic mass is 10.1. The highest BCUT2D eigenvalue weighted by atomic mass is 16.5. The van der Waals surface area contributed by atoms with E-state index in [1.54, 1.807) is 6.92 Å². The first-order valence-electron chi connectivity index (χ1n) is 6.73. The van der Waals surface area contributed by atoms with Crippen LogP contribution in [0.2, 0.25) is 0 Å². The number of rotatable bonds is 7. The van der Waals surface area contributed by atoms with Gasteiger partial charge in [0.05, 0.1) is 6.10 Å². The molecule has 6 heteroatoms. The number of aliphatic hydroxyl groups is 3. The monoisotopic (exact) mass is 261 g/mol. The second-order valence-electron chi connectivity index (χ2n) is 5.15. The molecule has 0 aromatic heterocycles. The molecule has 0 spiro atoms. The van der Waals surface area contributed by atoms with E-state index in [1.165, 1.54) is 0 Å². The Kier molecular flexibility index (Phi) is 7.06. The summed E-state index contributed by atoms with van der Waals surface area (Å²) in [7, 11) is 0. The normalized spacial score (nSPS) is 24.7. The number of hydrogen-bond donors (Lipinski definition) is 4. The Morgan fingerprint density at radius 1 is 1.28 bits per heavy atom. The fraction of sp³-hybridized carbons (Fsp3) is 1.00. The van der Waals surface area contributed by atoms with Crippen LogP contribution in [0.5, 0.6) is 0 Å². The Bertz CT molecular complexity index is 227. The van der Waals surface area contributed by atoms with Crippen LogP contribution in [-0.2, 0) is 0 Å². The average Bonchev–Trinajstić information content (AvgIpc) is 2.28. The Morgan fingerprint density at radius 2 is 2.00 bits per heavy atom. The van der Waals surface area contributed by atoms with Gasteiger partial charge in [0.2, 0.25) is 0 Å². The minimum Gasteiger partial charge on any atom is -0.392 e. The van der Waals surface area contributed by atoms with Crippen molar-refractivity contribution in [2.45, 2.75) is 38.2 Å². The first-order chi connectivity index (χ1) is 8.52. The van der Waals surface area contributed by atoms with Gasteiger partial charge < -0.3 is 21.1 Å². The Morgan fingerprint density at radius 3 is 2.56 bits per heavy atom. The number of β-amino-alcohol motifs (C(OH)–C–C–N with tert-alkyl or cyclic N) is 1. The summed E-state index contributed by atoms with van der Waals surface area (Å²) in [6.07, 6.45) is -0.436. The molecule has 2 atom stereocenters. The summed E-state index contributed by atoms with van der Waals surface area (Å²) in [5.74, 6) is 0. The number of piperazine rings is 1. The Labute approximate surface area is 109 Å². The minimum atomic E-state index is -1.24. The number of hydrogen-bond acceptors (Lipinski definition) is 6. The molecule has 0 amide bonds. The van der Waals surface area contributed by atoms with Gasteiger partial charge in [0.25, 0.3) is 0 Å². The van der Waals surface area contributed by atoms with Gasteiger partial charge in [-0.15, -0.1) is 0 Å². The van der Waals surface area contributed by atoms with E-state index in [0.717, 1.165) is 32.6 Å². The minimum absolute atomic E-state index is 0.294. The van der Waals surface area contributed by atoms with E-state index in [1.807, 2.05) is 0 Å². The van der Waals surface area contributed by atoms with Crippen molar-refractivity contribution in [2.24, 2.45) is 5.73 Å². The molecule has 0 bridgehead atoms. The van der Waals surface area contributed by atoms with E-state index < -0.39 is 6.29 Å². The molecule has 0 aromatic carbocycles. The number of aliphatic hydroxyl groups excluding tert-OH is 2. The third-order valence-corrected chi connectivity index (χ3v) is 3.39. The second kappa shape index (κ2) is 8.04. The molecule has 0 radical (unpaired) electrons. The van der Waals surface area contributed by atoms with Crippen molar-refractivity contribution in [2.75, 3.05) is 39.3 Å². The van der Waals surface area contributed by atoms with Crippen LogP contribution in [0.4, 0.5) is 0 Å². The number of nitrogens with two attached hydrogens (primary N) is 1. The average molecular weight is 261 g/mol. The van der Waals surface area contributed by atoms with Crippen LogP contribution in [0.3, 0.4) is 0 Å². The van der Waals surface area contributed by atoms with Crippen molar-refractivity contribution in [3.05, 3.63) is 0 Å². The van der Waals surface area contributed by atoms with Crippen molar-refractivity contribution in [3.63, 3.8) is 0 Å². The molecular formula is C12H27N3O3. The maximum atomic E-state index is 9.42. The van der Waals surface area contributed by atoms with E-state index in [0.29, 0.717) is 25.6 Å². The highest BCUT2D eigenvalue weighted by Crippen LogP contribution is 2.15. The van der Waals surface area contributed by atoms with Crippen molar-refractivity contribution in [1.82, 2.24) is 9.80 Å². The zero-order valence-electron chi connectivity index (χ0n) is 11.2. The zero-order valence-corrected chi connectivity index (χ0v) is 11.2. The third kappa shape index (κ3) is 5.60. The van der Waals surface area contributed by atoms with Gasteiger partial charge in [0.15, 0.2) is 6.29 Å². The van der Waals surface area contributed by atoms with Gasteiger partial charge in [-0.2, -0.15) is 0 Å². The maximum absolute atomic E-state index is 9.42. The molecule has 2 unspecified atom stereocenters. The van der Waals surface area contributed by atoms with Crippen LogP contribution in [0, 0.1) is 0 Å². The molecule has 0 aromatic rings. The molecule has 18 heavy (non-hydrogen) atoms. The topological polar surface area (TPSA) is 93.2 Å². The van der Waals surface area contributed by atoms with Crippen molar-refractivity contribution in [3.8, 4) is 0 Å². The smallest absolute Gasteiger partial charge is 0.151 e. The summed E-state index contributed by atoms with van der Waals surface area (Å²) in [4.78, 5) is 4.53. The van der Waals surface area contributed by atoms with Crippen LogP contribution >= 0.6 is 0 Å². The van der Waals surface area contributed by atoms with Crippen LogP contribution in [0.1, 0.15) is 19.8 Å². The summed E-state index contributed by atoms with van der Waals surface area (Å²) in [5, 5.41) is 27.4. The molecular weight excluding hydrogens is 234 g/mol. The van der Waals surface area contributed by atoms with Gasteiger partial charge >= 0.3 is 0 Å². The maximum Gasteiger partial charge on any atom is 0.151 e. The lowest BCUT2D eigenvalue weighted by molar-refractivity contribution is -0.0545. The molecule has 0 aliphatic carbocycles. The quantitative estimate of drug-likeness (QED) is 0.413. The van der Waals surface area contributed by atoms with Gasteiger partial charge in [-0.05, 0) is 19.8 Å². The molecule has 1 aliphatic heterocycles. The largest absolute Gasteiger partial charge is 0.392 e. The van der Waals surface area contributed by atoms with Crippen LogP contribution in [-0.4, -0.2) is 82.8 Å². The SMILES string of the molecule is CC(O)CN1CCN(CCN)C(CCC(O)O)C1. The summed E-state index contributed by atoms with van der Waals surface area (Å²) in [6, 6.07) is 0.294. The van der Waals surface area contributed by atoms with E-state index >= 15 is 0 Å². The van der Waals surface area contributed by atoms with E-state index in [2.05, 4.69) is 9.80 Å². The first kappa shape index (κ1) is 15.8. The standard InChI is InChI=1S/C12H27N3O3/c1-10(16)8-14-6-7-15(5-4-13)11(9-14)2-3-12(17)18/h10-12,16-18H,2-9,13H2,1H3. The predicted molar refractivity (Wildman–Crippen MR) is 70.0 cm³/mol.